The van der Waals surface area contributed by atoms with E-state index in [0.29, 0.717) is 0 Å². The first kappa shape index (κ1) is 22.6. The maximum atomic E-state index is 10.9. The van der Waals surface area contributed by atoms with Crippen molar-refractivity contribution >= 4 is 23.9 Å². The first-order chi connectivity index (χ1) is 13.0. The summed E-state index contributed by atoms with van der Waals surface area (Å²) in [5.41, 5.74) is -0.332. The molecule has 0 fully saturated rings. The zero-order chi connectivity index (χ0) is 21.4. The maximum Gasteiger partial charge on any atom is 0.317 e. The van der Waals surface area contributed by atoms with Gasteiger partial charge in [0.05, 0.1) is 37.6 Å². The first-order valence-electron chi connectivity index (χ1n) is 7.70. The average Bonchev–Trinajstić information content (AvgIpc) is 2.49. The van der Waals surface area contributed by atoms with Crippen LogP contribution in [0.3, 0.4) is 0 Å². The minimum absolute atomic E-state index is 0.166. The monoisotopic (exact) mass is 401 g/mol. The molecule has 0 aliphatic rings. The Hall–Kier alpha value is -3.45. The lowest BCUT2D eigenvalue weighted by Crippen LogP contribution is -2.35. The second kappa shape index (κ2) is 10.0. The van der Waals surface area contributed by atoms with E-state index in [1.807, 2.05) is 0 Å². The van der Waals surface area contributed by atoms with E-state index >= 15 is 0 Å². The number of carbonyl (C=O) groups is 4. The molecule has 0 aromatic carbocycles. The van der Waals surface area contributed by atoms with E-state index in [9.17, 15) is 29.4 Å². The van der Waals surface area contributed by atoms with Gasteiger partial charge in [0.15, 0.2) is 0 Å². The number of hydrogen-bond donors (Lipinski definition) is 6. The molecule has 1 aromatic heterocycles. The summed E-state index contributed by atoms with van der Waals surface area (Å²) < 4.78 is 0. The molecule has 0 radical (unpaired) electrons. The van der Waals surface area contributed by atoms with Gasteiger partial charge >= 0.3 is 23.9 Å². The number of carboxylic acid groups (broad SMARTS) is 4. The number of carboxylic acids is 4. The molecule has 0 aliphatic carbocycles. The van der Waals surface area contributed by atoms with Gasteiger partial charge in [-0.1, -0.05) is 0 Å². The Kier molecular flexibility index (Phi) is 8.09. The number of nitrogens with zero attached hydrogens (tertiary/aromatic N) is 3. The molecule has 28 heavy (non-hydrogen) atoms. The van der Waals surface area contributed by atoms with Crippen LogP contribution >= 0.6 is 0 Å². The van der Waals surface area contributed by atoms with Crippen LogP contribution in [0.15, 0.2) is 6.07 Å². The Balaban J connectivity index is 3.11. The van der Waals surface area contributed by atoms with Crippen LogP contribution in [0.1, 0.15) is 11.4 Å². The normalized spacial score (nSPS) is 10.9. The number of hydrogen-bond acceptors (Lipinski definition) is 9. The number of rotatable bonds is 12. The van der Waals surface area contributed by atoms with E-state index in [4.69, 9.17) is 20.4 Å². The fraction of sp³-hybridized carbons (Fsp3) is 0.400. The van der Waals surface area contributed by atoms with Crippen molar-refractivity contribution < 1.29 is 49.8 Å². The van der Waals surface area contributed by atoms with Gasteiger partial charge in [0, 0.05) is 19.2 Å². The fourth-order valence-electron chi connectivity index (χ4n) is 2.33. The highest BCUT2D eigenvalue weighted by Gasteiger charge is 2.21. The van der Waals surface area contributed by atoms with Crippen molar-refractivity contribution in [3.8, 4) is 11.5 Å². The van der Waals surface area contributed by atoms with E-state index in [-0.39, 0.29) is 11.4 Å². The summed E-state index contributed by atoms with van der Waals surface area (Å²) in [7, 11) is 0. The van der Waals surface area contributed by atoms with Crippen molar-refractivity contribution in [3.63, 3.8) is 0 Å². The molecule has 0 saturated carbocycles. The van der Waals surface area contributed by atoms with Gasteiger partial charge in [-0.05, 0) is 0 Å². The van der Waals surface area contributed by atoms with Crippen LogP contribution in [0.4, 0.5) is 0 Å². The van der Waals surface area contributed by atoms with E-state index in [1.54, 1.807) is 0 Å². The largest absolute Gasteiger partial charge is 0.506 e. The van der Waals surface area contributed by atoms with Crippen molar-refractivity contribution in [3.05, 3.63) is 17.5 Å². The Labute approximate surface area is 157 Å². The predicted octanol–water partition coefficient (Wildman–Crippen LogP) is -1.56. The summed E-state index contributed by atoms with van der Waals surface area (Å²) in [6, 6.07) is 0.872. The molecular formula is C15H19N3O10. The Morgan fingerprint density at radius 2 is 0.964 bits per heavy atom. The number of pyridine rings is 1. The molecule has 0 bridgehead atoms. The molecular weight excluding hydrogens is 382 g/mol. The molecule has 0 saturated heterocycles. The van der Waals surface area contributed by atoms with Gasteiger partial charge in [-0.15, -0.1) is 0 Å². The van der Waals surface area contributed by atoms with Crippen LogP contribution < -0.4 is 0 Å². The molecule has 154 valence electrons. The number of aliphatic carboxylic acids is 4. The van der Waals surface area contributed by atoms with Crippen LogP contribution in [0.25, 0.3) is 0 Å². The highest BCUT2D eigenvalue weighted by atomic mass is 16.4. The van der Waals surface area contributed by atoms with E-state index in [0.717, 1.165) is 15.9 Å². The van der Waals surface area contributed by atoms with Crippen molar-refractivity contribution in [1.82, 2.24) is 14.8 Å². The van der Waals surface area contributed by atoms with Crippen molar-refractivity contribution in [2.45, 2.75) is 13.1 Å². The van der Waals surface area contributed by atoms with E-state index in [1.165, 1.54) is 0 Å². The van der Waals surface area contributed by atoms with Crippen LogP contribution in [-0.2, 0) is 32.3 Å². The molecule has 1 heterocycles. The molecule has 0 spiro atoms. The highest BCUT2D eigenvalue weighted by Crippen LogP contribution is 2.26. The molecule has 0 aliphatic heterocycles. The number of aromatic hydroxyl groups is 2. The van der Waals surface area contributed by atoms with Crippen molar-refractivity contribution in [2.75, 3.05) is 26.2 Å². The molecule has 1 aromatic rings. The summed E-state index contributed by atoms with van der Waals surface area (Å²) >= 11 is 0. The minimum Gasteiger partial charge on any atom is -0.506 e. The summed E-state index contributed by atoms with van der Waals surface area (Å²) in [5, 5.41) is 55.2. The smallest absolute Gasteiger partial charge is 0.317 e. The quantitative estimate of drug-likeness (QED) is 0.234. The third-order valence-electron chi connectivity index (χ3n) is 3.32. The molecule has 13 nitrogen and oxygen atoms in total. The van der Waals surface area contributed by atoms with Gasteiger partial charge in [0.2, 0.25) is 0 Å². The third kappa shape index (κ3) is 7.84. The molecule has 6 N–H and O–H groups in total. The molecule has 0 atom stereocenters. The molecule has 0 amide bonds. The van der Waals surface area contributed by atoms with Gasteiger partial charge in [-0.25, -0.2) is 4.98 Å². The zero-order valence-corrected chi connectivity index (χ0v) is 14.5. The summed E-state index contributed by atoms with van der Waals surface area (Å²) in [6.07, 6.45) is 0. The van der Waals surface area contributed by atoms with Gasteiger partial charge in [0.1, 0.15) is 11.5 Å². The maximum absolute atomic E-state index is 10.9. The fourth-order valence-corrected chi connectivity index (χ4v) is 2.33. The van der Waals surface area contributed by atoms with Crippen molar-refractivity contribution in [1.29, 1.82) is 0 Å². The van der Waals surface area contributed by atoms with Gasteiger partial charge in [-0.2, -0.15) is 0 Å². The molecule has 13 heteroatoms. The third-order valence-corrected chi connectivity index (χ3v) is 3.32. The Morgan fingerprint density at radius 3 is 1.21 bits per heavy atom. The SMILES string of the molecule is O=C(O)CN(CC(=O)O)Cc1nc(CN(CC(=O)O)CC(=O)O)c(O)cc1O. The lowest BCUT2D eigenvalue weighted by atomic mass is 10.2. The Bertz CT molecular complexity index is 675. The van der Waals surface area contributed by atoms with Gasteiger partial charge in [0.25, 0.3) is 0 Å². The van der Waals surface area contributed by atoms with Gasteiger partial charge in [-0.3, -0.25) is 29.0 Å². The molecule has 1 rings (SSSR count). The summed E-state index contributed by atoms with van der Waals surface area (Å²) in [5.74, 6) is -6.32. The van der Waals surface area contributed by atoms with Gasteiger partial charge < -0.3 is 30.6 Å². The summed E-state index contributed by atoms with van der Waals surface area (Å²) in [6.45, 7) is -3.42. The van der Waals surface area contributed by atoms with Crippen LogP contribution in [0.5, 0.6) is 11.5 Å². The molecule has 0 unspecified atom stereocenters. The van der Waals surface area contributed by atoms with Crippen LogP contribution in [-0.4, -0.2) is 95.5 Å². The second-order valence-electron chi connectivity index (χ2n) is 5.79. The average molecular weight is 401 g/mol. The lowest BCUT2D eigenvalue weighted by molar-refractivity contribution is -0.144. The van der Waals surface area contributed by atoms with Crippen LogP contribution in [0, 0.1) is 0 Å². The lowest BCUT2D eigenvalue weighted by Gasteiger charge is -2.21. The van der Waals surface area contributed by atoms with E-state index in [2.05, 4.69) is 4.98 Å². The highest BCUT2D eigenvalue weighted by molar-refractivity contribution is 5.73. The van der Waals surface area contributed by atoms with Crippen molar-refractivity contribution in [2.24, 2.45) is 0 Å². The van der Waals surface area contributed by atoms with E-state index < -0.39 is 74.6 Å². The Morgan fingerprint density at radius 1 is 0.679 bits per heavy atom. The first-order valence-corrected chi connectivity index (χ1v) is 7.70. The zero-order valence-electron chi connectivity index (χ0n) is 14.5. The standard InChI is InChI=1S/C15H19N3O10/c19-10-1-11(20)9(3-18(6-14(25)26)7-15(27)28)16-8(10)2-17(4-12(21)22)5-13(23)24/h1,19-20H,2-7H2,(H,21,22)(H,23,24)(H,25,26)(H,27,28). The second-order valence-corrected chi connectivity index (χ2v) is 5.79. The van der Waals surface area contributed by atoms with Crippen LogP contribution in [0.2, 0.25) is 0 Å². The number of aromatic nitrogens is 1. The summed E-state index contributed by atoms with van der Waals surface area (Å²) in [4.78, 5) is 49.3. The predicted molar refractivity (Wildman–Crippen MR) is 88.7 cm³/mol. The topological polar surface area (TPSA) is 209 Å². The minimum atomic E-state index is -1.31.